The number of nitrogens with zero attached hydrogens (tertiary/aromatic N) is 2. The van der Waals surface area contributed by atoms with Crippen molar-refractivity contribution in [1.82, 2.24) is 15.5 Å². The van der Waals surface area contributed by atoms with Gasteiger partial charge in [-0.3, -0.25) is 4.79 Å². The second-order valence-corrected chi connectivity index (χ2v) is 5.74. The Balaban J connectivity index is 1.63. The number of amides is 1. The van der Waals surface area contributed by atoms with E-state index in [-0.39, 0.29) is 18.3 Å². The SMILES string of the molecule is O=C(NCc1ccc(-c2noc(C(F)(F)F)n2)cc1)c1ccc(Cl)cc1. The molecule has 3 rings (SSSR count). The molecule has 0 spiro atoms. The Kier molecular flexibility index (Phi) is 4.94. The van der Waals surface area contributed by atoms with Crippen LogP contribution >= 0.6 is 11.6 Å². The van der Waals surface area contributed by atoms with E-state index in [4.69, 9.17) is 11.6 Å². The van der Waals surface area contributed by atoms with Crippen LogP contribution < -0.4 is 5.32 Å². The number of halogens is 4. The maximum absolute atomic E-state index is 12.5. The number of carbonyl (C=O) groups excluding carboxylic acids is 1. The number of alkyl halides is 3. The molecule has 0 saturated heterocycles. The highest BCUT2D eigenvalue weighted by molar-refractivity contribution is 6.30. The smallest absolute Gasteiger partial charge is 0.348 e. The molecule has 0 aliphatic rings. The Bertz CT molecular complexity index is 906. The molecule has 0 bridgehead atoms. The Morgan fingerprint density at radius 3 is 2.31 bits per heavy atom. The van der Waals surface area contributed by atoms with E-state index in [1.807, 2.05) is 0 Å². The first-order valence-corrected chi connectivity index (χ1v) is 7.75. The van der Waals surface area contributed by atoms with Gasteiger partial charge in [0.1, 0.15) is 0 Å². The second-order valence-electron chi connectivity index (χ2n) is 5.31. The lowest BCUT2D eigenvalue weighted by molar-refractivity contribution is -0.159. The standard InChI is InChI=1S/C17H11ClF3N3O2/c18-13-7-5-12(6-8-13)15(25)22-9-10-1-3-11(4-2-10)14-23-16(26-24-14)17(19,20)21/h1-8H,9H2,(H,22,25). The highest BCUT2D eigenvalue weighted by Crippen LogP contribution is 2.29. The molecule has 0 aliphatic heterocycles. The van der Waals surface area contributed by atoms with E-state index in [0.29, 0.717) is 16.1 Å². The normalized spacial score (nSPS) is 11.4. The lowest BCUT2D eigenvalue weighted by atomic mass is 10.1. The van der Waals surface area contributed by atoms with Gasteiger partial charge in [-0.05, 0) is 29.8 Å². The number of hydrogen-bond donors (Lipinski definition) is 1. The van der Waals surface area contributed by atoms with Crippen molar-refractivity contribution in [3.63, 3.8) is 0 Å². The molecule has 5 nitrogen and oxygen atoms in total. The monoisotopic (exact) mass is 381 g/mol. The first-order valence-electron chi connectivity index (χ1n) is 7.37. The molecule has 0 saturated carbocycles. The second kappa shape index (κ2) is 7.17. The number of hydrogen-bond acceptors (Lipinski definition) is 4. The minimum absolute atomic E-state index is 0.158. The molecule has 1 aromatic heterocycles. The molecule has 1 N–H and O–H groups in total. The van der Waals surface area contributed by atoms with Crippen LogP contribution in [0.2, 0.25) is 5.02 Å². The van der Waals surface area contributed by atoms with Crippen LogP contribution in [0.4, 0.5) is 13.2 Å². The summed E-state index contributed by atoms with van der Waals surface area (Å²) in [6.07, 6.45) is -4.68. The van der Waals surface area contributed by atoms with Gasteiger partial charge < -0.3 is 9.84 Å². The lowest BCUT2D eigenvalue weighted by Gasteiger charge is -2.06. The molecule has 0 unspecified atom stereocenters. The van der Waals surface area contributed by atoms with E-state index in [0.717, 1.165) is 5.56 Å². The zero-order valence-electron chi connectivity index (χ0n) is 13.0. The molecule has 1 heterocycles. The van der Waals surface area contributed by atoms with E-state index in [1.165, 1.54) is 0 Å². The Hall–Kier alpha value is -2.87. The fourth-order valence-electron chi connectivity index (χ4n) is 2.11. The van der Waals surface area contributed by atoms with Crippen molar-refractivity contribution in [3.8, 4) is 11.4 Å². The van der Waals surface area contributed by atoms with Gasteiger partial charge in [0.2, 0.25) is 5.82 Å². The number of carbonyl (C=O) groups is 1. The third kappa shape index (κ3) is 4.20. The van der Waals surface area contributed by atoms with Gasteiger partial charge in [0.25, 0.3) is 5.91 Å². The number of benzene rings is 2. The zero-order chi connectivity index (χ0) is 18.7. The van der Waals surface area contributed by atoms with Crippen LogP contribution in [0, 0.1) is 0 Å². The number of nitrogens with one attached hydrogen (secondary N) is 1. The van der Waals surface area contributed by atoms with Crippen LogP contribution in [0.5, 0.6) is 0 Å². The average Bonchev–Trinajstić information content (AvgIpc) is 3.11. The van der Waals surface area contributed by atoms with E-state index in [2.05, 4.69) is 20.0 Å². The third-order valence-corrected chi connectivity index (χ3v) is 3.69. The molecule has 0 fully saturated rings. The van der Waals surface area contributed by atoms with Crippen molar-refractivity contribution in [3.05, 3.63) is 70.6 Å². The Morgan fingerprint density at radius 2 is 1.73 bits per heavy atom. The van der Waals surface area contributed by atoms with Crippen LogP contribution in [0.15, 0.2) is 53.1 Å². The summed E-state index contributed by atoms with van der Waals surface area (Å²) >= 11 is 5.77. The van der Waals surface area contributed by atoms with Gasteiger partial charge in [-0.1, -0.05) is 41.0 Å². The van der Waals surface area contributed by atoms with Crippen molar-refractivity contribution in [2.45, 2.75) is 12.7 Å². The van der Waals surface area contributed by atoms with Gasteiger partial charge in [-0.2, -0.15) is 18.2 Å². The number of aromatic nitrogens is 2. The van der Waals surface area contributed by atoms with E-state index < -0.39 is 12.1 Å². The summed E-state index contributed by atoms with van der Waals surface area (Å²) in [6.45, 7) is 0.252. The molecule has 2 aromatic carbocycles. The summed E-state index contributed by atoms with van der Waals surface area (Å²) in [4.78, 5) is 15.3. The topological polar surface area (TPSA) is 68.0 Å². The summed E-state index contributed by atoms with van der Waals surface area (Å²) in [5, 5.41) is 6.59. The molecule has 3 aromatic rings. The van der Waals surface area contributed by atoms with Gasteiger partial charge in [0, 0.05) is 22.7 Å². The van der Waals surface area contributed by atoms with Crippen molar-refractivity contribution < 1.29 is 22.5 Å². The maximum atomic E-state index is 12.5. The van der Waals surface area contributed by atoms with E-state index in [9.17, 15) is 18.0 Å². The molecule has 9 heteroatoms. The lowest BCUT2D eigenvalue weighted by Crippen LogP contribution is -2.22. The Labute approximate surface area is 150 Å². The van der Waals surface area contributed by atoms with Crippen LogP contribution in [-0.2, 0) is 12.7 Å². The minimum Gasteiger partial charge on any atom is -0.348 e. The van der Waals surface area contributed by atoms with Crippen LogP contribution in [0.3, 0.4) is 0 Å². The highest BCUT2D eigenvalue weighted by Gasteiger charge is 2.38. The van der Waals surface area contributed by atoms with Crippen molar-refractivity contribution in [2.24, 2.45) is 0 Å². The van der Waals surface area contributed by atoms with Gasteiger partial charge in [-0.25, -0.2) is 0 Å². The largest absolute Gasteiger partial charge is 0.471 e. The summed E-state index contributed by atoms with van der Waals surface area (Å²) in [5.74, 6) is -1.82. The van der Waals surface area contributed by atoms with Crippen LogP contribution in [-0.4, -0.2) is 16.0 Å². The van der Waals surface area contributed by atoms with Crippen LogP contribution in [0.25, 0.3) is 11.4 Å². The van der Waals surface area contributed by atoms with Gasteiger partial charge in [0.05, 0.1) is 0 Å². The summed E-state index contributed by atoms with van der Waals surface area (Å²) in [5.41, 5.74) is 1.60. The first kappa shape index (κ1) is 17.9. The fourth-order valence-corrected chi connectivity index (χ4v) is 2.24. The summed E-state index contributed by atoms with van der Waals surface area (Å²) in [6, 6.07) is 12.9. The summed E-state index contributed by atoms with van der Waals surface area (Å²) in [7, 11) is 0. The average molecular weight is 382 g/mol. The molecule has 26 heavy (non-hydrogen) atoms. The highest BCUT2D eigenvalue weighted by atomic mass is 35.5. The summed E-state index contributed by atoms with van der Waals surface area (Å²) < 4.78 is 41.6. The maximum Gasteiger partial charge on any atom is 0.471 e. The van der Waals surface area contributed by atoms with E-state index >= 15 is 0 Å². The molecule has 1 amide bonds. The molecule has 0 atom stereocenters. The predicted molar refractivity (Wildman–Crippen MR) is 87.4 cm³/mol. The van der Waals surface area contributed by atoms with Gasteiger partial charge >= 0.3 is 12.1 Å². The van der Waals surface area contributed by atoms with Crippen molar-refractivity contribution in [2.75, 3.05) is 0 Å². The molecule has 0 radical (unpaired) electrons. The van der Waals surface area contributed by atoms with Crippen LogP contribution in [0.1, 0.15) is 21.8 Å². The van der Waals surface area contributed by atoms with Crippen molar-refractivity contribution >= 4 is 17.5 Å². The molecule has 0 aliphatic carbocycles. The predicted octanol–water partition coefficient (Wildman–Crippen LogP) is 4.34. The van der Waals surface area contributed by atoms with Crippen molar-refractivity contribution in [1.29, 1.82) is 0 Å². The Morgan fingerprint density at radius 1 is 1.08 bits per heavy atom. The zero-order valence-corrected chi connectivity index (χ0v) is 13.8. The van der Waals surface area contributed by atoms with Gasteiger partial charge in [0.15, 0.2) is 0 Å². The molecular weight excluding hydrogens is 371 g/mol. The molecular formula is C17H11ClF3N3O2. The first-order chi connectivity index (χ1) is 12.3. The van der Waals surface area contributed by atoms with Gasteiger partial charge in [-0.15, -0.1) is 0 Å². The quantitative estimate of drug-likeness (QED) is 0.730. The fraction of sp³-hybridized carbons (Fsp3) is 0.118. The molecule has 134 valence electrons. The third-order valence-electron chi connectivity index (χ3n) is 3.44. The number of rotatable bonds is 4. The van der Waals surface area contributed by atoms with E-state index in [1.54, 1.807) is 48.5 Å². The minimum atomic E-state index is -4.68.